The predicted molar refractivity (Wildman–Crippen MR) is 71.6 cm³/mol. The largest absolute Gasteiger partial charge is 0.349 e. The van der Waals surface area contributed by atoms with Gasteiger partial charge in [-0.25, -0.2) is 0 Å². The molecule has 1 fully saturated rings. The zero-order valence-corrected chi connectivity index (χ0v) is 11.5. The SMILES string of the molecule is Cc1n[nH]c(C)c1C(=O)NC(C)C1CCCCC1. The van der Waals surface area contributed by atoms with E-state index in [1.54, 1.807) is 0 Å². The number of aromatic amines is 1. The fourth-order valence-corrected chi connectivity index (χ4v) is 2.92. The Morgan fingerprint density at radius 1 is 1.33 bits per heavy atom. The first kappa shape index (κ1) is 13.1. The molecule has 0 bridgehead atoms. The van der Waals surface area contributed by atoms with Gasteiger partial charge < -0.3 is 5.32 Å². The molecule has 1 atom stereocenters. The summed E-state index contributed by atoms with van der Waals surface area (Å²) >= 11 is 0. The Balaban J connectivity index is 1.98. The van der Waals surface area contributed by atoms with E-state index in [1.807, 2.05) is 13.8 Å². The zero-order chi connectivity index (χ0) is 13.1. The van der Waals surface area contributed by atoms with Gasteiger partial charge in [0, 0.05) is 11.7 Å². The lowest BCUT2D eigenvalue weighted by atomic mass is 9.84. The topological polar surface area (TPSA) is 57.8 Å². The maximum atomic E-state index is 12.2. The second-order valence-corrected chi connectivity index (χ2v) is 5.47. The number of aryl methyl sites for hydroxylation is 2. The predicted octanol–water partition coefficient (Wildman–Crippen LogP) is 2.73. The number of rotatable bonds is 3. The van der Waals surface area contributed by atoms with Crippen LogP contribution in [0.3, 0.4) is 0 Å². The molecular formula is C14H23N3O. The summed E-state index contributed by atoms with van der Waals surface area (Å²) < 4.78 is 0. The maximum absolute atomic E-state index is 12.2. The van der Waals surface area contributed by atoms with Gasteiger partial charge in [-0.05, 0) is 39.5 Å². The first-order valence-corrected chi connectivity index (χ1v) is 6.92. The normalized spacial score (nSPS) is 18.6. The standard InChI is InChI=1S/C14H23N3O/c1-9(12-7-5-4-6-8-12)15-14(18)13-10(2)16-17-11(13)3/h9,12H,4-8H2,1-3H3,(H,15,18)(H,16,17). The fraction of sp³-hybridized carbons (Fsp3) is 0.714. The molecule has 0 saturated heterocycles. The highest BCUT2D eigenvalue weighted by Gasteiger charge is 2.23. The molecule has 1 saturated carbocycles. The number of carbonyl (C=O) groups is 1. The Morgan fingerprint density at radius 3 is 2.56 bits per heavy atom. The summed E-state index contributed by atoms with van der Waals surface area (Å²) in [5.74, 6) is 0.645. The zero-order valence-electron chi connectivity index (χ0n) is 11.5. The van der Waals surface area contributed by atoms with Crippen molar-refractivity contribution in [1.82, 2.24) is 15.5 Å². The van der Waals surface area contributed by atoms with Gasteiger partial charge >= 0.3 is 0 Å². The van der Waals surface area contributed by atoms with Crippen LogP contribution in [0.5, 0.6) is 0 Å². The first-order chi connectivity index (χ1) is 8.59. The third-order valence-electron chi connectivity index (χ3n) is 4.07. The number of amides is 1. The van der Waals surface area contributed by atoms with Crippen LogP contribution in [0.25, 0.3) is 0 Å². The number of H-pyrrole nitrogens is 1. The van der Waals surface area contributed by atoms with E-state index in [0.717, 1.165) is 11.4 Å². The van der Waals surface area contributed by atoms with Gasteiger partial charge in [-0.3, -0.25) is 9.89 Å². The van der Waals surface area contributed by atoms with Crippen LogP contribution in [0.15, 0.2) is 0 Å². The summed E-state index contributed by atoms with van der Waals surface area (Å²) in [6.07, 6.45) is 6.43. The van der Waals surface area contributed by atoms with Gasteiger partial charge in [-0.15, -0.1) is 0 Å². The lowest BCUT2D eigenvalue weighted by molar-refractivity contribution is 0.0918. The molecule has 2 N–H and O–H groups in total. The van der Waals surface area contributed by atoms with Crippen molar-refractivity contribution in [3.63, 3.8) is 0 Å². The summed E-state index contributed by atoms with van der Waals surface area (Å²) in [5, 5.41) is 10.1. The van der Waals surface area contributed by atoms with Crippen molar-refractivity contribution >= 4 is 5.91 Å². The molecule has 18 heavy (non-hydrogen) atoms. The van der Waals surface area contributed by atoms with Crippen LogP contribution in [-0.4, -0.2) is 22.1 Å². The van der Waals surface area contributed by atoms with Crippen molar-refractivity contribution in [2.75, 3.05) is 0 Å². The minimum absolute atomic E-state index is 0.0109. The molecule has 4 heteroatoms. The molecule has 1 aliphatic carbocycles. The number of nitrogens with zero attached hydrogens (tertiary/aromatic N) is 1. The minimum Gasteiger partial charge on any atom is -0.349 e. The Bertz CT molecular complexity index is 399. The van der Waals surface area contributed by atoms with Gasteiger partial charge in [0.05, 0.1) is 11.3 Å². The van der Waals surface area contributed by atoms with E-state index < -0.39 is 0 Å². The average molecular weight is 249 g/mol. The quantitative estimate of drug-likeness (QED) is 0.865. The van der Waals surface area contributed by atoms with Crippen LogP contribution >= 0.6 is 0 Å². The van der Waals surface area contributed by atoms with E-state index in [-0.39, 0.29) is 11.9 Å². The summed E-state index contributed by atoms with van der Waals surface area (Å²) in [4.78, 5) is 12.2. The lowest BCUT2D eigenvalue weighted by Crippen LogP contribution is -2.39. The van der Waals surface area contributed by atoms with Crippen molar-refractivity contribution in [3.8, 4) is 0 Å². The van der Waals surface area contributed by atoms with Crippen LogP contribution in [0, 0.1) is 19.8 Å². The molecule has 1 aromatic rings. The second kappa shape index (κ2) is 5.55. The monoisotopic (exact) mass is 249 g/mol. The highest BCUT2D eigenvalue weighted by molar-refractivity contribution is 5.96. The lowest BCUT2D eigenvalue weighted by Gasteiger charge is -2.28. The van der Waals surface area contributed by atoms with Crippen molar-refractivity contribution in [3.05, 3.63) is 17.0 Å². The fourth-order valence-electron chi connectivity index (χ4n) is 2.92. The molecule has 2 rings (SSSR count). The Hall–Kier alpha value is -1.32. The van der Waals surface area contributed by atoms with Gasteiger partial charge in [0.1, 0.15) is 0 Å². The molecule has 4 nitrogen and oxygen atoms in total. The molecule has 1 aliphatic rings. The van der Waals surface area contributed by atoms with Crippen LogP contribution in [0.4, 0.5) is 0 Å². The van der Waals surface area contributed by atoms with Crippen molar-refractivity contribution in [1.29, 1.82) is 0 Å². The molecular weight excluding hydrogens is 226 g/mol. The highest BCUT2D eigenvalue weighted by atomic mass is 16.1. The average Bonchev–Trinajstić information content (AvgIpc) is 2.70. The molecule has 1 amide bonds. The van der Waals surface area contributed by atoms with Crippen molar-refractivity contribution in [2.24, 2.45) is 5.92 Å². The van der Waals surface area contributed by atoms with Gasteiger partial charge in [0.15, 0.2) is 0 Å². The van der Waals surface area contributed by atoms with Crippen molar-refractivity contribution < 1.29 is 4.79 Å². The van der Waals surface area contributed by atoms with Gasteiger partial charge in [-0.1, -0.05) is 19.3 Å². The molecule has 100 valence electrons. The van der Waals surface area contributed by atoms with E-state index in [9.17, 15) is 4.79 Å². The Labute approximate surface area is 109 Å². The van der Waals surface area contributed by atoms with Crippen LogP contribution in [-0.2, 0) is 0 Å². The Morgan fingerprint density at radius 2 is 2.00 bits per heavy atom. The third-order valence-corrected chi connectivity index (χ3v) is 4.07. The van der Waals surface area contributed by atoms with Crippen LogP contribution < -0.4 is 5.32 Å². The molecule has 1 unspecified atom stereocenters. The summed E-state index contributed by atoms with van der Waals surface area (Å²) in [6.45, 7) is 5.88. The smallest absolute Gasteiger partial charge is 0.255 e. The van der Waals surface area contributed by atoms with Gasteiger partial charge in [-0.2, -0.15) is 5.10 Å². The summed E-state index contributed by atoms with van der Waals surface area (Å²) in [5.41, 5.74) is 2.33. The summed E-state index contributed by atoms with van der Waals surface area (Å²) in [6, 6.07) is 0.256. The van der Waals surface area contributed by atoms with E-state index in [0.29, 0.717) is 11.5 Å². The van der Waals surface area contributed by atoms with Crippen LogP contribution in [0.2, 0.25) is 0 Å². The molecule has 1 heterocycles. The first-order valence-electron chi connectivity index (χ1n) is 6.92. The van der Waals surface area contributed by atoms with E-state index in [1.165, 1.54) is 32.1 Å². The number of hydrogen-bond acceptors (Lipinski definition) is 2. The van der Waals surface area contributed by atoms with E-state index in [2.05, 4.69) is 22.4 Å². The number of aromatic nitrogens is 2. The number of nitrogens with one attached hydrogen (secondary N) is 2. The molecule has 1 aromatic heterocycles. The summed E-state index contributed by atoms with van der Waals surface area (Å²) in [7, 11) is 0. The maximum Gasteiger partial charge on any atom is 0.255 e. The van der Waals surface area contributed by atoms with Gasteiger partial charge in [0.2, 0.25) is 0 Å². The van der Waals surface area contributed by atoms with Gasteiger partial charge in [0.25, 0.3) is 5.91 Å². The van der Waals surface area contributed by atoms with Crippen LogP contribution in [0.1, 0.15) is 60.8 Å². The van der Waals surface area contributed by atoms with E-state index >= 15 is 0 Å². The minimum atomic E-state index is 0.0109. The molecule has 0 aromatic carbocycles. The molecule has 0 radical (unpaired) electrons. The number of hydrogen-bond donors (Lipinski definition) is 2. The Kier molecular flexibility index (Phi) is 4.04. The highest BCUT2D eigenvalue weighted by Crippen LogP contribution is 2.26. The van der Waals surface area contributed by atoms with E-state index in [4.69, 9.17) is 0 Å². The third kappa shape index (κ3) is 2.74. The second-order valence-electron chi connectivity index (χ2n) is 5.47. The van der Waals surface area contributed by atoms with Crippen molar-refractivity contribution in [2.45, 2.75) is 58.9 Å². The number of carbonyl (C=O) groups excluding carboxylic acids is 1. The molecule has 0 spiro atoms. The molecule has 0 aliphatic heterocycles.